The summed E-state index contributed by atoms with van der Waals surface area (Å²) in [7, 11) is 0. The number of aliphatic hydroxyl groups is 1. The average Bonchev–Trinajstić information content (AvgIpc) is 2.43. The molecular weight excluding hydrogens is 254 g/mol. The van der Waals surface area contributed by atoms with Gasteiger partial charge in [0, 0.05) is 0 Å². The SMILES string of the molecule is CCOc1ncnc(NC2(CO)CCCC(C)C2)c1C. The van der Waals surface area contributed by atoms with Gasteiger partial charge in [-0.3, -0.25) is 0 Å². The van der Waals surface area contributed by atoms with Crippen LogP contribution in [0.5, 0.6) is 5.88 Å². The Kier molecular flexibility index (Phi) is 4.81. The van der Waals surface area contributed by atoms with E-state index in [4.69, 9.17) is 4.74 Å². The van der Waals surface area contributed by atoms with Gasteiger partial charge in [-0.05, 0) is 32.6 Å². The number of anilines is 1. The first kappa shape index (κ1) is 15.0. The van der Waals surface area contributed by atoms with Crippen LogP contribution in [0.15, 0.2) is 6.33 Å². The van der Waals surface area contributed by atoms with E-state index in [-0.39, 0.29) is 12.1 Å². The fraction of sp³-hybridized carbons (Fsp3) is 0.733. The molecule has 2 atom stereocenters. The Morgan fingerprint density at radius 3 is 2.95 bits per heavy atom. The van der Waals surface area contributed by atoms with E-state index in [0.717, 1.165) is 30.6 Å². The summed E-state index contributed by atoms with van der Waals surface area (Å²) < 4.78 is 5.50. The molecule has 1 saturated carbocycles. The summed E-state index contributed by atoms with van der Waals surface area (Å²) in [5, 5.41) is 13.3. The number of nitrogens with zero attached hydrogens (tertiary/aromatic N) is 2. The van der Waals surface area contributed by atoms with Crippen molar-refractivity contribution in [3.63, 3.8) is 0 Å². The van der Waals surface area contributed by atoms with E-state index in [0.29, 0.717) is 18.4 Å². The summed E-state index contributed by atoms with van der Waals surface area (Å²) in [4.78, 5) is 8.47. The molecule has 2 unspecified atom stereocenters. The van der Waals surface area contributed by atoms with Crippen LogP contribution in [0.3, 0.4) is 0 Å². The van der Waals surface area contributed by atoms with E-state index in [9.17, 15) is 5.11 Å². The quantitative estimate of drug-likeness (QED) is 0.867. The lowest BCUT2D eigenvalue weighted by Crippen LogP contribution is -2.46. The zero-order chi connectivity index (χ0) is 14.6. The lowest BCUT2D eigenvalue weighted by molar-refractivity contribution is 0.149. The maximum absolute atomic E-state index is 9.85. The number of rotatable bonds is 5. The normalized spacial score (nSPS) is 26.3. The zero-order valence-corrected chi connectivity index (χ0v) is 12.6. The van der Waals surface area contributed by atoms with E-state index >= 15 is 0 Å². The van der Waals surface area contributed by atoms with Crippen LogP contribution >= 0.6 is 0 Å². The Balaban J connectivity index is 2.21. The monoisotopic (exact) mass is 279 g/mol. The van der Waals surface area contributed by atoms with Crippen molar-refractivity contribution in [1.29, 1.82) is 0 Å². The fourth-order valence-corrected chi connectivity index (χ4v) is 3.05. The molecule has 0 aliphatic heterocycles. The summed E-state index contributed by atoms with van der Waals surface area (Å²) in [5.41, 5.74) is 0.640. The molecule has 2 rings (SSSR count). The molecule has 1 aliphatic carbocycles. The third kappa shape index (κ3) is 3.20. The molecule has 0 saturated heterocycles. The smallest absolute Gasteiger partial charge is 0.221 e. The average molecular weight is 279 g/mol. The molecule has 112 valence electrons. The molecule has 5 heteroatoms. The van der Waals surface area contributed by atoms with Crippen molar-refractivity contribution in [2.75, 3.05) is 18.5 Å². The summed E-state index contributed by atoms with van der Waals surface area (Å²) >= 11 is 0. The lowest BCUT2D eigenvalue weighted by Gasteiger charge is -2.40. The number of hydrogen-bond acceptors (Lipinski definition) is 5. The predicted octanol–water partition coefficient (Wildman–Crippen LogP) is 2.54. The molecule has 0 aromatic carbocycles. The summed E-state index contributed by atoms with van der Waals surface area (Å²) in [6.45, 7) is 6.84. The minimum atomic E-state index is -0.264. The van der Waals surface area contributed by atoms with Gasteiger partial charge in [-0.2, -0.15) is 0 Å². The van der Waals surface area contributed by atoms with Crippen molar-refractivity contribution >= 4 is 5.82 Å². The third-order valence-corrected chi connectivity index (χ3v) is 4.10. The highest BCUT2D eigenvalue weighted by atomic mass is 16.5. The fourth-order valence-electron chi connectivity index (χ4n) is 3.05. The summed E-state index contributed by atoms with van der Waals surface area (Å²) in [6.07, 6.45) is 5.82. The summed E-state index contributed by atoms with van der Waals surface area (Å²) in [5.74, 6) is 2.01. The number of hydrogen-bond donors (Lipinski definition) is 2. The second-order valence-electron chi connectivity index (χ2n) is 5.85. The van der Waals surface area contributed by atoms with E-state index in [1.54, 1.807) is 0 Å². The zero-order valence-electron chi connectivity index (χ0n) is 12.6. The van der Waals surface area contributed by atoms with E-state index in [2.05, 4.69) is 22.2 Å². The first-order chi connectivity index (χ1) is 9.60. The second-order valence-corrected chi connectivity index (χ2v) is 5.85. The highest BCUT2D eigenvalue weighted by molar-refractivity contribution is 5.49. The first-order valence-corrected chi connectivity index (χ1v) is 7.43. The van der Waals surface area contributed by atoms with Crippen LogP contribution < -0.4 is 10.1 Å². The number of nitrogens with one attached hydrogen (secondary N) is 1. The third-order valence-electron chi connectivity index (χ3n) is 4.10. The van der Waals surface area contributed by atoms with Crippen LogP contribution in [-0.4, -0.2) is 33.8 Å². The van der Waals surface area contributed by atoms with Crippen molar-refractivity contribution in [2.24, 2.45) is 5.92 Å². The molecule has 1 aliphatic rings. The Morgan fingerprint density at radius 2 is 2.30 bits per heavy atom. The van der Waals surface area contributed by atoms with Gasteiger partial charge in [0.25, 0.3) is 0 Å². The minimum absolute atomic E-state index is 0.130. The number of aliphatic hydroxyl groups excluding tert-OH is 1. The van der Waals surface area contributed by atoms with Crippen molar-refractivity contribution < 1.29 is 9.84 Å². The van der Waals surface area contributed by atoms with E-state index in [1.165, 1.54) is 12.7 Å². The van der Waals surface area contributed by atoms with Crippen LogP contribution in [0.4, 0.5) is 5.82 Å². The number of aromatic nitrogens is 2. The maximum atomic E-state index is 9.85. The van der Waals surface area contributed by atoms with Crippen LogP contribution in [0.1, 0.15) is 45.1 Å². The van der Waals surface area contributed by atoms with Gasteiger partial charge in [-0.1, -0.05) is 19.8 Å². The van der Waals surface area contributed by atoms with E-state index in [1.807, 2.05) is 13.8 Å². The largest absolute Gasteiger partial charge is 0.478 e. The molecule has 1 heterocycles. The molecule has 2 N–H and O–H groups in total. The van der Waals surface area contributed by atoms with Crippen LogP contribution in [0, 0.1) is 12.8 Å². The molecule has 1 aromatic rings. The minimum Gasteiger partial charge on any atom is -0.478 e. The van der Waals surface area contributed by atoms with Crippen molar-refractivity contribution in [3.05, 3.63) is 11.9 Å². The van der Waals surface area contributed by atoms with Gasteiger partial charge in [0.05, 0.1) is 24.3 Å². The Bertz CT molecular complexity index is 453. The highest BCUT2D eigenvalue weighted by Gasteiger charge is 2.35. The molecule has 0 bridgehead atoms. The standard InChI is InChI=1S/C15H25N3O2/c1-4-20-14-12(3)13(16-10-17-14)18-15(9-19)7-5-6-11(2)8-15/h10-11,19H,4-9H2,1-3H3,(H,16,17,18). The number of ether oxygens (including phenoxy) is 1. The molecule has 5 nitrogen and oxygen atoms in total. The van der Waals surface area contributed by atoms with Crippen LogP contribution in [0.25, 0.3) is 0 Å². The summed E-state index contributed by atoms with van der Waals surface area (Å²) in [6, 6.07) is 0. The Labute approximate surface area is 120 Å². The van der Waals surface area contributed by atoms with Crippen molar-refractivity contribution in [3.8, 4) is 5.88 Å². The molecule has 20 heavy (non-hydrogen) atoms. The molecular formula is C15H25N3O2. The van der Waals surface area contributed by atoms with Gasteiger partial charge >= 0.3 is 0 Å². The second kappa shape index (κ2) is 6.39. The van der Waals surface area contributed by atoms with Gasteiger partial charge in [0.1, 0.15) is 12.1 Å². The molecule has 1 aromatic heterocycles. The molecule has 0 amide bonds. The first-order valence-electron chi connectivity index (χ1n) is 7.43. The molecule has 0 spiro atoms. The van der Waals surface area contributed by atoms with Crippen molar-refractivity contribution in [1.82, 2.24) is 9.97 Å². The van der Waals surface area contributed by atoms with Crippen LogP contribution in [0.2, 0.25) is 0 Å². The topological polar surface area (TPSA) is 67.3 Å². The Hall–Kier alpha value is -1.36. The van der Waals surface area contributed by atoms with E-state index < -0.39 is 0 Å². The molecule has 1 fully saturated rings. The van der Waals surface area contributed by atoms with Gasteiger partial charge in [-0.25, -0.2) is 9.97 Å². The lowest BCUT2D eigenvalue weighted by atomic mass is 9.77. The van der Waals surface area contributed by atoms with Gasteiger partial charge in [-0.15, -0.1) is 0 Å². The van der Waals surface area contributed by atoms with Crippen molar-refractivity contribution in [2.45, 2.75) is 52.0 Å². The Morgan fingerprint density at radius 1 is 1.50 bits per heavy atom. The van der Waals surface area contributed by atoms with Gasteiger partial charge in [0.15, 0.2) is 0 Å². The highest BCUT2D eigenvalue weighted by Crippen LogP contribution is 2.35. The van der Waals surface area contributed by atoms with Gasteiger partial charge < -0.3 is 15.2 Å². The molecule has 0 radical (unpaired) electrons. The maximum Gasteiger partial charge on any atom is 0.221 e. The predicted molar refractivity (Wildman–Crippen MR) is 79.0 cm³/mol. The van der Waals surface area contributed by atoms with Gasteiger partial charge in [0.2, 0.25) is 5.88 Å². The van der Waals surface area contributed by atoms with Crippen LogP contribution in [-0.2, 0) is 0 Å².